The molecule has 0 saturated carbocycles. The van der Waals surface area contributed by atoms with Gasteiger partial charge in [0.15, 0.2) is 23.0 Å². The number of hydrogen-bond donors (Lipinski definition) is 1. The first kappa shape index (κ1) is 26.4. The first-order valence-corrected chi connectivity index (χ1v) is 12.6. The van der Waals surface area contributed by atoms with Crippen molar-refractivity contribution in [3.63, 3.8) is 0 Å². The number of benzene rings is 2. The van der Waals surface area contributed by atoms with Crippen LogP contribution in [-0.4, -0.2) is 32.0 Å². The van der Waals surface area contributed by atoms with E-state index in [0.717, 1.165) is 11.3 Å². The Kier molecular flexibility index (Phi) is 7.75. The summed E-state index contributed by atoms with van der Waals surface area (Å²) in [7, 11) is 3.09. The van der Waals surface area contributed by atoms with Crippen molar-refractivity contribution in [2.24, 2.45) is 5.73 Å². The summed E-state index contributed by atoms with van der Waals surface area (Å²) in [5, 5.41) is 20.3. The van der Waals surface area contributed by atoms with Gasteiger partial charge in [0, 0.05) is 0 Å². The molecule has 0 spiro atoms. The largest absolute Gasteiger partial charge is 0.493 e. The average Bonchev–Trinajstić information content (AvgIpc) is 3.24. The summed E-state index contributed by atoms with van der Waals surface area (Å²) in [5.41, 5.74) is 7.67. The van der Waals surface area contributed by atoms with Crippen LogP contribution in [0.4, 0.5) is 0 Å². The normalized spacial score (nSPS) is 14.9. The highest BCUT2D eigenvalue weighted by atomic mass is 32.1. The molecule has 0 radical (unpaired) electrons. The summed E-state index contributed by atoms with van der Waals surface area (Å²) in [6, 6.07) is 14.9. The fourth-order valence-electron chi connectivity index (χ4n) is 4.33. The van der Waals surface area contributed by atoms with Gasteiger partial charge in [-0.05, 0) is 55.3 Å². The molecule has 0 saturated heterocycles. The van der Waals surface area contributed by atoms with Crippen molar-refractivity contribution in [2.75, 3.05) is 27.4 Å². The van der Waals surface area contributed by atoms with Gasteiger partial charge in [-0.3, -0.25) is 9.36 Å². The fraction of sp³-hybridized carbons (Fsp3) is 0.250. The molecule has 194 valence electrons. The molecule has 0 fully saturated rings. The second-order valence-corrected chi connectivity index (χ2v) is 9.14. The highest BCUT2D eigenvalue weighted by Gasteiger charge is 2.32. The minimum absolute atomic E-state index is 0.00841. The molecule has 2 aromatic carbocycles. The van der Waals surface area contributed by atoms with Gasteiger partial charge >= 0.3 is 0 Å². The second kappa shape index (κ2) is 11.2. The van der Waals surface area contributed by atoms with Gasteiger partial charge in [-0.2, -0.15) is 10.5 Å². The smallest absolute Gasteiger partial charge is 0.274 e. The average molecular weight is 531 g/mol. The molecule has 0 bridgehead atoms. The molecule has 0 amide bonds. The lowest BCUT2D eigenvalue weighted by Crippen LogP contribution is -2.38. The first-order chi connectivity index (χ1) is 18.4. The monoisotopic (exact) mass is 530 g/mol. The van der Waals surface area contributed by atoms with Crippen LogP contribution >= 0.6 is 11.3 Å². The maximum Gasteiger partial charge on any atom is 0.274 e. The lowest BCUT2D eigenvalue weighted by molar-refractivity contribution is 0.310. The molecule has 1 unspecified atom stereocenters. The summed E-state index contributed by atoms with van der Waals surface area (Å²) in [6.07, 6.45) is 1.70. The summed E-state index contributed by atoms with van der Waals surface area (Å²) in [6.45, 7) is 4.57. The van der Waals surface area contributed by atoms with Crippen LogP contribution in [-0.2, 0) is 0 Å². The lowest BCUT2D eigenvalue weighted by Gasteiger charge is -2.23. The van der Waals surface area contributed by atoms with Crippen LogP contribution in [0.1, 0.15) is 30.9 Å². The molecule has 38 heavy (non-hydrogen) atoms. The highest BCUT2D eigenvalue weighted by molar-refractivity contribution is 7.07. The molecule has 9 nitrogen and oxygen atoms in total. The van der Waals surface area contributed by atoms with Crippen molar-refractivity contribution in [3.05, 3.63) is 72.6 Å². The maximum absolute atomic E-state index is 13.5. The topological polar surface area (TPSA) is 133 Å². The number of aromatic nitrogens is 1. The second-order valence-electron chi connectivity index (χ2n) is 8.11. The van der Waals surface area contributed by atoms with E-state index < -0.39 is 11.5 Å². The number of fused-ring (bicyclic) bond motifs is 1. The number of thiazole rings is 1. The Bertz CT molecular complexity index is 1690. The van der Waals surface area contributed by atoms with Gasteiger partial charge < -0.3 is 24.7 Å². The Hall–Kier alpha value is -4.67. The SMILES string of the molecule is CCOc1cc(/C=c2/sc3n(c2=O)C(N)=C(C#N)C(c2ccc(OC)c(OCC)c2)C=3C#N)ccc1OC. The van der Waals surface area contributed by atoms with Crippen molar-refractivity contribution in [1.82, 2.24) is 4.57 Å². The molecular weight excluding hydrogens is 504 g/mol. The van der Waals surface area contributed by atoms with E-state index in [1.54, 1.807) is 49.6 Å². The quantitative estimate of drug-likeness (QED) is 0.470. The standard InChI is InChI=1S/C28H26N4O5S/c1-5-36-22-11-16(7-9-20(22)34-3)12-24-27(33)32-26(31)18(14-29)25(19(15-30)28(32)38-24)17-8-10-21(35-4)23(13-17)37-6-2/h7-13,25H,5-6,31H2,1-4H3/b24-12+. The van der Waals surface area contributed by atoms with Crippen molar-refractivity contribution in [1.29, 1.82) is 10.5 Å². The third-order valence-electron chi connectivity index (χ3n) is 6.00. The minimum Gasteiger partial charge on any atom is -0.493 e. The van der Waals surface area contributed by atoms with E-state index in [4.69, 9.17) is 24.7 Å². The molecule has 4 rings (SSSR count). The van der Waals surface area contributed by atoms with E-state index in [-0.39, 0.29) is 17.0 Å². The van der Waals surface area contributed by atoms with E-state index >= 15 is 0 Å². The Labute approximate surface area is 223 Å². The molecule has 3 aromatic rings. The van der Waals surface area contributed by atoms with Gasteiger partial charge in [0.1, 0.15) is 10.5 Å². The van der Waals surface area contributed by atoms with Crippen LogP contribution in [0.3, 0.4) is 0 Å². The number of nitrogens with two attached hydrogens (primary N) is 1. The molecule has 0 aliphatic carbocycles. The molecule has 10 heteroatoms. The van der Waals surface area contributed by atoms with Crippen LogP contribution in [0.5, 0.6) is 23.0 Å². The first-order valence-electron chi connectivity index (χ1n) is 11.8. The number of hydrogen-bond acceptors (Lipinski definition) is 9. The predicted octanol–water partition coefficient (Wildman–Crippen LogP) is 2.68. The molecule has 1 aliphatic rings. The zero-order valence-corrected chi connectivity index (χ0v) is 22.2. The predicted molar refractivity (Wildman–Crippen MR) is 145 cm³/mol. The summed E-state index contributed by atoms with van der Waals surface area (Å²) in [5.74, 6) is 1.35. The number of rotatable bonds is 8. The summed E-state index contributed by atoms with van der Waals surface area (Å²) in [4.78, 5) is 13.5. The van der Waals surface area contributed by atoms with Gasteiger partial charge in [0.05, 0.1) is 61.2 Å². The molecule has 1 aromatic heterocycles. The third kappa shape index (κ3) is 4.58. The number of allylic oxidation sites excluding steroid dienone is 1. The summed E-state index contributed by atoms with van der Waals surface area (Å²) >= 11 is 1.14. The molecule has 2 heterocycles. The van der Waals surface area contributed by atoms with Crippen LogP contribution in [0, 0.1) is 22.7 Å². The zero-order valence-electron chi connectivity index (χ0n) is 21.4. The number of nitrogens with zero attached hydrogens (tertiary/aromatic N) is 3. The lowest BCUT2D eigenvalue weighted by atomic mass is 9.84. The van der Waals surface area contributed by atoms with Crippen molar-refractivity contribution >= 4 is 28.8 Å². The highest BCUT2D eigenvalue weighted by Crippen LogP contribution is 2.39. The van der Waals surface area contributed by atoms with E-state index in [2.05, 4.69) is 12.1 Å². The number of ether oxygens (including phenoxy) is 4. The van der Waals surface area contributed by atoms with Gasteiger partial charge in [-0.1, -0.05) is 12.1 Å². The Morgan fingerprint density at radius 2 is 1.55 bits per heavy atom. The van der Waals surface area contributed by atoms with Gasteiger partial charge in [0.2, 0.25) is 0 Å². The van der Waals surface area contributed by atoms with E-state index in [9.17, 15) is 15.3 Å². The Balaban J connectivity index is 1.96. The van der Waals surface area contributed by atoms with Crippen molar-refractivity contribution in [3.8, 4) is 35.1 Å². The zero-order chi connectivity index (χ0) is 27.4. The van der Waals surface area contributed by atoms with Gasteiger partial charge in [-0.25, -0.2) is 0 Å². The molecule has 1 atom stereocenters. The van der Waals surface area contributed by atoms with E-state index in [0.29, 0.717) is 56.5 Å². The Morgan fingerprint density at radius 1 is 0.947 bits per heavy atom. The van der Waals surface area contributed by atoms with Crippen molar-refractivity contribution < 1.29 is 18.9 Å². The van der Waals surface area contributed by atoms with Gasteiger partial charge in [-0.15, -0.1) is 11.3 Å². The molecular formula is C28H26N4O5S. The summed E-state index contributed by atoms with van der Waals surface area (Å²) < 4.78 is 24.0. The maximum atomic E-state index is 13.5. The van der Waals surface area contributed by atoms with E-state index in [1.807, 2.05) is 13.8 Å². The number of methoxy groups -OCH3 is 2. The van der Waals surface area contributed by atoms with E-state index in [1.165, 1.54) is 11.7 Å². The fourth-order valence-corrected chi connectivity index (χ4v) is 5.46. The van der Waals surface area contributed by atoms with Crippen molar-refractivity contribution in [2.45, 2.75) is 19.8 Å². The third-order valence-corrected chi connectivity index (χ3v) is 7.10. The molecule has 2 N–H and O–H groups in total. The van der Waals surface area contributed by atoms with Gasteiger partial charge in [0.25, 0.3) is 5.56 Å². The minimum atomic E-state index is -0.772. The van der Waals surface area contributed by atoms with Crippen LogP contribution in [0.25, 0.3) is 17.5 Å². The van der Waals surface area contributed by atoms with Crippen LogP contribution in [0.15, 0.2) is 46.8 Å². The molecule has 1 aliphatic heterocycles. The van der Waals surface area contributed by atoms with Crippen LogP contribution in [0.2, 0.25) is 0 Å². The Morgan fingerprint density at radius 3 is 2.13 bits per heavy atom. The van der Waals surface area contributed by atoms with Crippen LogP contribution < -0.4 is 39.4 Å². The number of nitriles is 2.